The molecule has 0 fully saturated rings. The van der Waals surface area contributed by atoms with Crippen LogP contribution >= 0.6 is 11.6 Å². The molecule has 0 saturated heterocycles. The third kappa shape index (κ3) is 4.01. The average molecular weight is 260 g/mol. The van der Waals surface area contributed by atoms with Gasteiger partial charge in [-0.25, -0.2) is 4.39 Å². The topological polar surface area (TPSA) is 84.2 Å². The maximum absolute atomic E-state index is 13.3. The van der Waals surface area contributed by atoms with Crippen molar-refractivity contribution in [3.05, 3.63) is 29.0 Å². The molecular formula is C10H11ClFN3O2. The van der Waals surface area contributed by atoms with Gasteiger partial charge in [0.25, 0.3) is 0 Å². The van der Waals surface area contributed by atoms with Crippen LogP contribution in [-0.2, 0) is 9.59 Å². The number of carbonyl (C=O) groups excluding carboxylic acids is 2. The van der Waals surface area contributed by atoms with Crippen molar-refractivity contribution in [2.24, 2.45) is 5.73 Å². The molecule has 4 N–H and O–H groups in total. The zero-order valence-electron chi connectivity index (χ0n) is 8.80. The monoisotopic (exact) mass is 259 g/mol. The number of nitrogens with one attached hydrogen (secondary N) is 2. The molecule has 0 atom stereocenters. The van der Waals surface area contributed by atoms with Gasteiger partial charge in [-0.2, -0.15) is 0 Å². The Bertz CT molecular complexity index is 419. The van der Waals surface area contributed by atoms with Crippen LogP contribution in [0.5, 0.6) is 0 Å². The summed E-state index contributed by atoms with van der Waals surface area (Å²) in [5, 5.41) is 4.59. The Balaban J connectivity index is 2.59. The van der Waals surface area contributed by atoms with Crippen molar-refractivity contribution in [1.29, 1.82) is 0 Å². The van der Waals surface area contributed by atoms with E-state index in [1.54, 1.807) is 0 Å². The number of nitrogens with two attached hydrogens (primary N) is 1. The predicted octanol–water partition coefficient (Wildman–Crippen LogP) is 0.492. The minimum atomic E-state index is -0.643. The highest BCUT2D eigenvalue weighted by atomic mass is 35.5. The number of carbonyl (C=O) groups is 2. The molecule has 0 aliphatic rings. The van der Waals surface area contributed by atoms with Gasteiger partial charge in [0.05, 0.1) is 23.8 Å². The molecule has 1 rings (SSSR count). The van der Waals surface area contributed by atoms with Crippen LogP contribution in [0.3, 0.4) is 0 Å². The lowest BCUT2D eigenvalue weighted by Crippen LogP contribution is -2.36. The van der Waals surface area contributed by atoms with Gasteiger partial charge in [0.2, 0.25) is 11.8 Å². The van der Waals surface area contributed by atoms with E-state index in [1.807, 2.05) is 0 Å². The standard InChI is InChI=1S/C10H11ClFN3O2/c11-6-2-1-3-7(12)10(6)15-9(17)5-14-8(16)4-13/h1-3H,4-5,13H2,(H,14,16)(H,15,17). The number of rotatable bonds is 4. The molecule has 5 nitrogen and oxygen atoms in total. The third-order valence-electron chi connectivity index (χ3n) is 1.86. The number of amides is 2. The third-order valence-corrected chi connectivity index (χ3v) is 2.17. The van der Waals surface area contributed by atoms with Gasteiger partial charge in [-0.1, -0.05) is 17.7 Å². The van der Waals surface area contributed by atoms with Crippen molar-refractivity contribution in [3.8, 4) is 0 Å². The van der Waals surface area contributed by atoms with E-state index in [-0.39, 0.29) is 23.8 Å². The van der Waals surface area contributed by atoms with E-state index in [9.17, 15) is 14.0 Å². The molecule has 0 spiro atoms. The van der Waals surface area contributed by atoms with Crippen molar-refractivity contribution >= 4 is 29.1 Å². The summed E-state index contributed by atoms with van der Waals surface area (Å²) in [6.07, 6.45) is 0. The zero-order valence-corrected chi connectivity index (χ0v) is 9.55. The first-order valence-corrected chi connectivity index (χ1v) is 5.13. The van der Waals surface area contributed by atoms with E-state index >= 15 is 0 Å². The first kappa shape index (κ1) is 13.4. The minimum absolute atomic E-state index is 0.0866. The summed E-state index contributed by atoms with van der Waals surface area (Å²) in [6, 6.07) is 4.03. The molecule has 17 heavy (non-hydrogen) atoms. The maximum Gasteiger partial charge on any atom is 0.243 e. The van der Waals surface area contributed by atoms with Crippen LogP contribution < -0.4 is 16.4 Å². The smallest absolute Gasteiger partial charge is 0.243 e. The molecule has 92 valence electrons. The molecular weight excluding hydrogens is 249 g/mol. The number of para-hydroxylation sites is 1. The summed E-state index contributed by atoms with van der Waals surface area (Å²) in [5.74, 6) is -1.70. The van der Waals surface area contributed by atoms with Crippen LogP contribution in [0.15, 0.2) is 18.2 Å². The SMILES string of the molecule is NCC(=O)NCC(=O)Nc1c(F)cccc1Cl. The Morgan fingerprint density at radius 2 is 2.06 bits per heavy atom. The lowest BCUT2D eigenvalue weighted by molar-refractivity contribution is -0.123. The maximum atomic E-state index is 13.3. The Labute approximate surface area is 102 Å². The molecule has 0 aliphatic heterocycles. The Kier molecular flexibility index (Phi) is 4.86. The molecule has 0 saturated carbocycles. The van der Waals surface area contributed by atoms with Crippen LogP contribution in [0.4, 0.5) is 10.1 Å². The summed E-state index contributed by atoms with van der Waals surface area (Å²) in [7, 11) is 0. The minimum Gasteiger partial charge on any atom is -0.346 e. The summed E-state index contributed by atoms with van der Waals surface area (Å²) in [5.41, 5.74) is 4.92. The van der Waals surface area contributed by atoms with Crippen LogP contribution in [0, 0.1) is 5.82 Å². The molecule has 0 aromatic heterocycles. The van der Waals surface area contributed by atoms with Crippen molar-refractivity contribution in [2.75, 3.05) is 18.4 Å². The number of anilines is 1. The van der Waals surface area contributed by atoms with E-state index in [1.165, 1.54) is 18.2 Å². The molecule has 0 radical (unpaired) electrons. The van der Waals surface area contributed by atoms with Crippen molar-refractivity contribution in [2.45, 2.75) is 0 Å². The Morgan fingerprint density at radius 1 is 1.35 bits per heavy atom. The van der Waals surface area contributed by atoms with Crippen LogP contribution in [0.1, 0.15) is 0 Å². The second-order valence-electron chi connectivity index (χ2n) is 3.13. The number of hydrogen-bond donors (Lipinski definition) is 3. The van der Waals surface area contributed by atoms with Crippen LogP contribution in [0.2, 0.25) is 5.02 Å². The normalized spacial score (nSPS) is 9.82. The quantitative estimate of drug-likeness (QED) is 0.736. The molecule has 0 heterocycles. The fourth-order valence-corrected chi connectivity index (χ4v) is 1.26. The molecule has 1 aromatic carbocycles. The number of hydrogen-bond acceptors (Lipinski definition) is 3. The number of halogens is 2. The van der Waals surface area contributed by atoms with E-state index in [2.05, 4.69) is 10.6 Å². The first-order valence-electron chi connectivity index (χ1n) is 4.75. The highest BCUT2D eigenvalue weighted by Crippen LogP contribution is 2.24. The second kappa shape index (κ2) is 6.17. The van der Waals surface area contributed by atoms with E-state index < -0.39 is 17.6 Å². The van der Waals surface area contributed by atoms with Crippen molar-refractivity contribution in [3.63, 3.8) is 0 Å². The lowest BCUT2D eigenvalue weighted by atomic mass is 10.3. The van der Waals surface area contributed by atoms with Gasteiger partial charge in [-0.3, -0.25) is 9.59 Å². The van der Waals surface area contributed by atoms with E-state index in [4.69, 9.17) is 17.3 Å². The Morgan fingerprint density at radius 3 is 2.65 bits per heavy atom. The van der Waals surface area contributed by atoms with Gasteiger partial charge in [0, 0.05) is 0 Å². The molecule has 0 unspecified atom stereocenters. The Hall–Kier alpha value is -1.66. The summed E-state index contributed by atoms with van der Waals surface area (Å²) >= 11 is 5.70. The lowest BCUT2D eigenvalue weighted by Gasteiger charge is -2.08. The predicted molar refractivity (Wildman–Crippen MR) is 62.1 cm³/mol. The fourth-order valence-electron chi connectivity index (χ4n) is 1.05. The van der Waals surface area contributed by atoms with E-state index in [0.29, 0.717) is 0 Å². The van der Waals surface area contributed by atoms with Gasteiger partial charge in [0.15, 0.2) is 0 Å². The highest BCUT2D eigenvalue weighted by Gasteiger charge is 2.10. The average Bonchev–Trinajstić information content (AvgIpc) is 2.31. The molecule has 7 heteroatoms. The van der Waals surface area contributed by atoms with Gasteiger partial charge in [0.1, 0.15) is 5.82 Å². The largest absolute Gasteiger partial charge is 0.346 e. The highest BCUT2D eigenvalue weighted by molar-refractivity contribution is 6.33. The molecule has 0 aliphatic carbocycles. The first-order chi connectivity index (χ1) is 8.04. The van der Waals surface area contributed by atoms with Crippen molar-refractivity contribution < 1.29 is 14.0 Å². The summed E-state index contributed by atoms with van der Waals surface area (Å²) in [4.78, 5) is 22.1. The van der Waals surface area contributed by atoms with Gasteiger partial charge in [-0.15, -0.1) is 0 Å². The molecule has 2 amide bonds. The summed E-state index contributed by atoms with van der Waals surface area (Å²) < 4.78 is 13.3. The zero-order chi connectivity index (χ0) is 12.8. The molecule has 0 bridgehead atoms. The van der Waals surface area contributed by atoms with Gasteiger partial charge >= 0.3 is 0 Å². The molecule has 1 aromatic rings. The van der Waals surface area contributed by atoms with Crippen LogP contribution in [-0.4, -0.2) is 24.9 Å². The van der Waals surface area contributed by atoms with E-state index in [0.717, 1.165) is 0 Å². The number of benzene rings is 1. The fraction of sp³-hybridized carbons (Fsp3) is 0.200. The van der Waals surface area contributed by atoms with Crippen LogP contribution in [0.25, 0.3) is 0 Å². The van der Waals surface area contributed by atoms with Gasteiger partial charge < -0.3 is 16.4 Å². The summed E-state index contributed by atoms with van der Waals surface area (Å²) in [6.45, 7) is -0.506. The van der Waals surface area contributed by atoms with Gasteiger partial charge in [-0.05, 0) is 12.1 Å². The van der Waals surface area contributed by atoms with Crippen molar-refractivity contribution in [1.82, 2.24) is 5.32 Å². The second-order valence-corrected chi connectivity index (χ2v) is 3.53.